The molecule has 0 unspecified atom stereocenters. The molecule has 2 aromatic rings. The number of benzene rings is 1. The first-order chi connectivity index (χ1) is 12.9. The quantitative estimate of drug-likeness (QED) is 0.694. The van der Waals surface area contributed by atoms with Crippen molar-refractivity contribution in [2.75, 3.05) is 5.32 Å². The lowest BCUT2D eigenvalue weighted by atomic mass is 10.2. The fraction of sp³-hybridized carbons (Fsp3) is 0.167. The summed E-state index contributed by atoms with van der Waals surface area (Å²) in [6, 6.07) is 8.11. The zero-order valence-electron chi connectivity index (χ0n) is 14.4. The highest BCUT2D eigenvalue weighted by molar-refractivity contribution is 5.90. The number of nitrogens with zero attached hydrogens (tertiary/aromatic N) is 4. The fourth-order valence-electron chi connectivity index (χ4n) is 2.40. The van der Waals surface area contributed by atoms with Crippen molar-refractivity contribution in [2.45, 2.75) is 19.6 Å². The molecule has 27 heavy (non-hydrogen) atoms. The predicted octanol–water partition coefficient (Wildman–Crippen LogP) is 0.0541. The van der Waals surface area contributed by atoms with Crippen molar-refractivity contribution in [3.05, 3.63) is 86.6 Å². The second-order valence-corrected chi connectivity index (χ2v) is 5.47. The molecule has 0 atom stereocenters. The van der Waals surface area contributed by atoms with E-state index in [1.165, 1.54) is 18.2 Å². The van der Waals surface area contributed by atoms with Crippen LogP contribution in [0.5, 0.6) is 0 Å². The number of carbonyl (C=O) groups is 1. The van der Waals surface area contributed by atoms with Gasteiger partial charge in [0.15, 0.2) is 0 Å². The minimum absolute atomic E-state index is 0.110. The Morgan fingerprint density at radius 3 is 2.11 bits per heavy atom. The number of nitrogens with one attached hydrogen (secondary N) is 1. The molecule has 1 N–H and O–H groups in total. The summed E-state index contributed by atoms with van der Waals surface area (Å²) in [6.07, 6.45) is 2.67. The lowest BCUT2D eigenvalue weighted by Gasteiger charge is -2.12. The van der Waals surface area contributed by atoms with Crippen LogP contribution in [0.2, 0.25) is 0 Å². The highest BCUT2D eigenvalue weighted by Crippen LogP contribution is 2.09. The summed E-state index contributed by atoms with van der Waals surface area (Å²) in [5.74, 6) is -0.654. The number of rotatable bonds is 7. The Labute approximate surface area is 153 Å². The zero-order chi connectivity index (χ0) is 20.0. The van der Waals surface area contributed by atoms with Crippen LogP contribution in [0.4, 0.5) is 5.69 Å². The molecule has 9 nitrogen and oxygen atoms in total. The maximum atomic E-state index is 12.5. The number of hydrogen-bond acceptors (Lipinski definition) is 5. The van der Waals surface area contributed by atoms with E-state index in [-0.39, 0.29) is 13.1 Å². The van der Waals surface area contributed by atoms with Crippen LogP contribution in [0.25, 0.3) is 0 Å². The molecular weight excluding hydrogens is 350 g/mol. The van der Waals surface area contributed by atoms with Gasteiger partial charge < -0.3 is 5.32 Å². The average Bonchev–Trinajstić information content (AvgIpc) is 2.66. The van der Waals surface area contributed by atoms with Gasteiger partial charge in [0, 0.05) is 5.69 Å². The van der Waals surface area contributed by atoms with Gasteiger partial charge in [-0.05, 0) is 18.2 Å². The van der Waals surface area contributed by atoms with Crippen LogP contribution in [-0.4, -0.2) is 19.6 Å². The van der Waals surface area contributed by atoms with Crippen molar-refractivity contribution in [1.29, 1.82) is 5.26 Å². The van der Waals surface area contributed by atoms with Crippen LogP contribution in [0.15, 0.2) is 64.0 Å². The molecule has 1 aromatic heterocycles. The highest BCUT2D eigenvalue weighted by Gasteiger charge is 2.16. The lowest BCUT2D eigenvalue weighted by Crippen LogP contribution is -2.55. The maximum absolute atomic E-state index is 12.5. The Morgan fingerprint density at radius 1 is 1.04 bits per heavy atom. The summed E-state index contributed by atoms with van der Waals surface area (Å²) in [5, 5.41) is 11.4. The summed E-state index contributed by atoms with van der Waals surface area (Å²) in [4.78, 5) is 49.5. The Hall–Kier alpha value is -3.93. The first-order valence-electron chi connectivity index (χ1n) is 7.89. The number of anilines is 1. The first kappa shape index (κ1) is 19.4. The largest absolute Gasteiger partial charge is 0.337 e. The molecule has 0 saturated heterocycles. The van der Waals surface area contributed by atoms with Gasteiger partial charge in [-0.3, -0.25) is 4.79 Å². The zero-order valence-corrected chi connectivity index (χ0v) is 14.4. The van der Waals surface area contributed by atoms with Gasteiger partial charge in [-0.1, -0.05) is 18.2 Å². The molecule has 2 rings (SSSR count). The molecular formula is C18H17N5O4. The number of hydrogen-bond donors (Lipinski definition) is 1. The van der Waals surface area contributed by atoms with E-state index in [0.29, 0.717) is 15.8 Å². The second-order valence-electron chi connectivity index (χ2n) is 5.47. The Kier molecular flexibility index (Phi) is 6.06. The van der Waals surface area contributed by atoms with E-state index < -0.39 is 29.5 Å². The molecule has 1 heterocycles. The van der Waals surface area contributed by atoms with Crippen molar-refractivity contribution < 1.29 is 4.79 Å². The third-order valence-electron chi connectivity index (χ3n) is 3.59. The monoisotopic (exact) mass is 367 g/mol. The standard InChI is InChI=1S/C18H17N5O4/c1-3-8-21-16(25)22(9-4-2)18(27)23(17(21)26)12-15(24)20-14-7-5-6-13(10-14)11-19/h3-7,10H,1-2,8-9,12H2,(H,20,24). The van der Waals surface area contributed by atoms with E-state index in [4.69, 9.17) is 5.26 Å². The van der Waals surface area contributed by atoms with E-state index >= 15 is 0 Å². The summed E-state index contributed by atoms with van der Waals surface area (Å²) in [5.41, 5.74) is -1.93. The minimum Gasteiger partial charge on any atom is -0.324 e. The molecule has 1 amide bonds. The van der Waals surface area contributed by atoms with Gasteiger partial charge in [0.2, 0.25) is 5.91 Å². The summed E-state index contributed by atoms with van der Waals surface area (Å²) < 4.78 is 2.28. The van der Waals surface area contributed by atoms with Crippen molar-refractivity contribution in [3.8, 4) is 6.07 Å². The lowest BCUT2D eigenvalue weighted by molar-refractivity contribution is -0.116. The molecule has 0 radical (unpaired) electrons. The van der Waals surface area contributed by atoms with E-state index in [1.54, 1.807) is 18.2 Å². The number of nitriles is 1. The number of allylic oxidation sites excluding steroid dienone is 2. The summed E-state index contributed by atoms with van der Waals surface area (Å²) in [6.45, 7) is 6.14. The third-order valence-corrected chi connectivity index (χ3v) is 3.59. The van der Waals surface area contributed by atoms with E-state index in [0.717, 1.165) is 9.13 Å². The van der Waals surface area contributed by atoms with Crippen molar-refractivity contribution in [1.82, 2.24) is 13.7 Å². The maximum Gasteiger partial charge on any atom is 0.337 e. The SMILES string of the molecule is C=CCn1c(=O)n(CC=C)c(=O)n(CC(=O)Nc2cccc(C#N)c2)c1=O. The van der Waals surface area contributed by atoms with Gasteiger partial charge in [0.25, 0.3) is 0 Å². The molecule has 0 saturated carbocycles. The number of carbonyl (C=O) groups excluding carboxylic acids is 1. The third kappa shape index (κ3) is 4.19. The molecule has 138 valence electrons. The summed E-state index contributed by atoms with van der Waals surface area (Å²) >= 11 is 0. The van der Waals surface area contributed by atoms with Gasteiger partial charge in [-0.2, -0.15) is 5.26 Å². The molecule has 0 spiro atoms. The van der Waals surface area contributed by atoms with Gasteiger partial charge >= 0.3 is 17.1 Å². The molecule has 1 aromatic carbocycles. The molecule has 0 aliphatic heterocycles. The second kappa shape index (κ2) is 8.44. The molecule has 9 heteroatoms. The number of amides is 1. The van der Waals surface area contributed by atoms with Crippen LogP contribution >= 0.6 is 0 Å². The topological polar surface area (TPSA) is 119 Å². The van der Waals surface area contributed by atoms with Crippen LogP contribution in [0, 0.1) is 11.3 Å². The van der Waals surface area contributed by atoms with Crippen molar-refractivity contribution in [3.63, 3.8) is 0 Å². The normalized spacial score (nSPS) is 10.0. The van der Waals surface area contributed by atoms with Crippen LogP contribution in [-0.2, 0) is 24.4 Å². The van der Waals surface area contributed by atoms with Gasteiger partial charge in [0.05, 0.1) is 24.7 Å². The van der Waals surface area contributed by atoms with Gasteiger partial charge in [-0.15, -0.1) is 13.2 Å². The first-order valence-corrected chi connectivity index (χ1v) is 7.89. The highest BCUT2D eigenvalue weighted by atomic mass is 16.2. The van der Waals surface area contributed by atoms with Crippen molar-refractivity contribution >= 4 is 11.6 Å². The van der Waals surface area contributed by atoms with Crippen LogP contribution in [0.3, 0.4) is 0 Å². The molecule has 0 fully saturated rings. The minimum atomic E-state index is -0.911. The fourth-order valence-corrected chi connectivity index (χ4v) is 2.40. The van der Waals surface area contributed by atoms with Crippen molar-refractivity contribution in [2.24, 2.45) is 0 Å². The molecule has 0 bridgehead atoms. The van der Waals surface area contributed by atoms with E-state index in [1.807, 2.05) is 6.07 Å². The van der Waals surface area contributed by atoms with E-state index in [9.17, 15) is 19.2 Å². The van der Waals surface area contributed by atoms with Gasteiger partial charge in [-0.25, -0.2) is 28.1 Å². The average molecular weight is 367 g/mol. The van der Waals surface area contributed by atoms with Gasteiger partial charge in [0.1, 0.15) is 6.54 Å². The number of aromatic nitrogens is 3. The predicted molar refractivity (Wildman–Crippen MR) is 99.4 cm³/mol. The van der Waals surface area contributed by atoms with E-state index in [2.05, 4.69) is 18.5 Å². The smallest absolute Gasteiger partial charge is 0.324 e. The van der Waals surface area contributed by atoms with Crippen LogP contribution < -0.4 is 22.4 Å². The Bertz CT molecular complexity index is 1070. The molecule has 0 aliphatic rings. The summed E-state index contributed by atoms with van der Waals surface area (Å²) in [7, 11) is 0. The van der Waals surface area contributed by atoms with Crippen LogP contribution in [0.1, 0.15) is 5.56 Å². The Balaban J connectivity index is 2.44. The molecule has 0 aliphatic carbocycles. The Morgan fingerprint density at radius 2 is 1.59 bits per heavy atom.